The van der Waals surface area contributed by atoms with Crippen molar-refractivity contribution in [2.24, 2.45) is 0 Å². The van der Waals surface area contributed by atoms with Gasteiger partial charge in [-0.15, -0.1) is 0 Å². The molecule has 0 saturated heterocycles. The largest absolute Gasteiger partial charge is 0.322 e. The summed E-state index contributed by atoms with van der Waals surface area (Å²) < 4.78 is 13.0. The maximum absolute atomic E-state index is 13.0. The van der Waals surface area contributed by atoms with Crippen molar-refractivity contribution in [1.29, 1.82) is 0 Å². The van der Waals surface area contributed by atoms with E-state index in [0.29, 0.717) is 21.8 Å². The van der Waals surface area contributed by atoms with E-state index in [9.17, 15) is 9.18 Å². The molecule has 19 heavy (non-hydrogen) atoms. The van der Waals surface area contributed by atoms with E-state index in [1.807, 2.05) is 0 Å². The van der Waals surface area contributed by atoms with E-state index in [4.69, 9.17) is 23.2 Å². The summed E-state index contributed by atoms with van der Waals surface area (Å²) in [7, 11) is 0. The third-order valence-electron chi connectivity index (χ3n) is 2.61. The number of hydrogen-bond donors (Lipinski definition) is 1. The highest BCUT2D eigenvalue weighted by molar-refractivity contribution is 6.37. The van der Waals surface area contributed by atoms with E-state index in [1.54, 1.807) is 19.1 Å². The second-order valence-corrected chi connectivity index (χ2v) is 4.88. The van der Waals surface area contributed by atoms with Crippen LogP contribution in [0.25, 0.3) is 0 Å². The Bertz CT molecular complexity index is 643. The monoisotopic (exact) mass is 297 g/mol. The van der Waals surface area contributed by atoms with Crippen LogP contribution in [0.3, 0.4) is 0 Å². The minimum atomic E-state index is -0.364. The molecule has 2 nitrogen and oxygen atoms in total. The maximum Gasteiger partial charge on any atom is 0.257 e. The van der Waals surface area contributed by atoms with Crippen LogP contribution in [0.1, 0.15) is 15.9 Å². The average Bonchev–Trinajstić information content (AvgIpc) is 2.32. The molecule has 0 radical (unpaired) electrons. The lowest BCUT2D eigenvalue weighted by Crippen LogP contribution is -2.13. The number of halogens is 3. The molecular formula is C14H10Cl2FNO. The quantitative estimate of drug-likeness (QED) is 0.856. The number of carbonyl (C=O) groups excluding carboxylic acids is 1. The van der Waals surface area contributed by atoms with E-state index in [-0.39, 0.29) is 16.7 Å². The Labute approximate surface area is 120 Å². The molecule has 0 spiro atoms. The van der Waals surface area contributed by atoms with Crippen LogP contribution in [-0.4, -0.2) is 5.91 Å². The van der Waals surface area contributed by atoms with E-state index < -0.39 is 0 Å². The number of rotatable bonds is 2. The number of anilines is 1. The molecule has 0 heterocycles. The molecule has 2 rings (SSSR count). The lowest BCUT2D eigenvalue weighted by Gasteiger charge is -2.09. The Morgan fingerprint density at radius 1 is 1.16 bits per heavy atom. The molecule has 1 N–H and O–H groups in total. The van der Waals surface area contributed by atoms with Crippen molar-refractivity contribution in [2.45, 2.75) is 6.92 Å². The summed E-state index contributed by atoms with van der Waals surface area (Å²) in [6.07, 6.45) is 0. The molecule has 0 aliphatic carbocycles. The van der Waals surface area contributed by atoms with Crippen molar-refractivity contribution in [2.75, 3.05) is 5.32 Å². The first kappa shape index (κ1) is 13.8. The van der Waals surface area contributed by atoms with Gasteiger partial charge in [-0.3, -0.25) is 4.79 Å². The zero-order chi connectivity index (χ0) is 14.0. The number of nitrogens with one attached hydrogen (secondary N) is 1. The topological polar surface area (TPSA) is 29.1 Å². The summed E-state index contributed by atoms with van der Waals surface area (Å²) in [5.74, 6) is -0.712. The molecule has 2 aromatic rings. The van der Waals surface area contributed by atoms with Crippen molar-refractivity contribution < 1.29 is 9.18 Å². The first-order chi connectivity index (χ1) is 8.97. The Balaban J connectivity index is 2.25. The minimum Gasteiger partial charge on any atom is -0.322 e. The molecule has 0 aromatic heterocycles. The predicted octanol–water partition coefficient (Wildman–Crippen LogP) is 4.69. The summed E-state index contributed by atoms with van der Waals surface area (Å²) in [5.41, 5.74) is 1.49. The van der Waals surface area contributed by atoms with Crippen molar-refractivity contribution in [3.63, 3.8) is 0 Å². The maximum atomic E-state index is 13.0. The standard InChI is InChI=1S/C14H10Cl2FNO/c1-8-6-10(17)3-5-13(8)18-14(19)11-4-2-9(15)7-12(11)16/h2-7H,1H3,(H,18,19). The Morgan fingerprint density at radius 3 is 2.53 bits per heavy atom. The first-order valence-corrected chi connectivity index (χ1v) is 6.25. The summed E-state index contributed by atoms with van der Waals surface area (Å²) in [6.45, 7) is 1.71. The highest BCUT2D eigenvalue weighted by atomic mass is 35.5. The Morgan fingerprint density at radius 2 is 1.89 bits per heavy atom. The van der Waals surface area contributed by atoms with E-state index in [1.165, 1.54) is 24.3 Å². The van der Waals surface area contributed by atoms with Gasteiger partial charge in [0.2, 0.25) is 0 Å². The number of hydrogen-bond acceptors (Lipinski definition) is 1. The molecule has 0 aliphatic rings. The third kappa shape index (κ3) is 3.25. The van der Waals surface area contributed by atoms with Crippen LogP contribution < -0.4 is 5.32 Å². The van der Waals surface area contributed by atoms with Gasteiger partial charge >= 0.3 is 0 Å². The van der Waals surface area contributed by atoms with Gasteiger partial charge in [0.1, 0.15) is 5.82 Å². The average molecular weight is 298 g/mol. The summed E-state index contributed by atoms with van der Waals surface area (Å²) in [4.78, 5) is 12.1. The van der Waals surface area contributed by atoms with Crippen molar-refractivity contribution in [1.82, 2.24) is 0 Å². The van der Waals surface area contributed by atoms with Crippen LogP contribution in [0.5, 0.6) is 0 Å². The zero-order valence-corrected chi connectivity index (χ0v) is 11.5. The Hall–Kier alpha value is -1.58. The molecule has 1 amide bonds. The third-order valence-corrected chi connectivity index (χ3v) is 3.16. The molecule has 2 aromatic carbocycles. The predicted molar refractivity (Wildman–Crippen MR) is 75.6 cm³/mol. The van der Waals surface area contributed by atoms with Gasteiger partial charge in [-0.25, -0.2) is 4.39 Å². The van der Waals surface area contributed by atoms with Gasteiger partial charge in [-0.05, 0) is 48.9 Å². The van der Waals surface area contributed by atoms with Crippen LogP contribution >= 0.6 is 23.2 Å². The second-order valence-electron chi connectivity index (χ2n) is 4.04. The van der Waals surface area contributed by atoms with Crippen LogP contribution in [0.4, 0.5) is 10.1 Å². The molecule has 0 unspecified atom stereocenters. The molecule has 0 saturated carbocycles. The van der Waals surface area contributed by atoms with Gasteiger partial charge in [-0.2, -0.15) is 0 Å². The highest BCUT2D eigenvalue weighted by Crippen LogP contribution is 2.23. The number of carbonyl (C=O) groups is 1. The van der Waals surface area contributed by atoms with Crippen LogP contribution in [0, 0.1) is 12.7 Å². The van der Waals surface area contributed by atoms with Crippen molar-refractivity contribution in [3.8, 4) is 0 Å². The van der Waals surface area contributed by atoms with Gasteiger partial charge in [-0.1, -0.05) is 23.2 Å². The molecule has 5 heteroatoms. The normalized spacial score (nSPS) is 10.3. The zero-order valence-electron chi connectivity index (χ0n) is 10.0. The molecule has 0 aliphatic heterocycles. The number of aryl methyl sites for hydroxylation is 1. The fourth-order valence-corrected chi connectivity index (χ4v) is 2.12. The van der Waals surface area contributed by atoms with Gasteiger partial charge in [0.05, 0.1) is 10.6 Å². The molecule has 0 atom stereocenters. The molecule has 98 valence electrons. The molecule has 0 bridgehead atoms. The van der Waals surface area contributed by atoms with Crippen molar-refractivity contribution in [3.05, 3.63) is 63.4 Å². The summed E-state index contributed by atoms with van der Waals surface area (Å²) in [6, 6.07) is 8.76. The fraction of sp³-hybridized carbons (Fsp3) is 0.0714. The van der Waals surface area contributed by atoms with Crippen LogP contribution in [-0.2, 0) is 0 Å². The van der Waals surface area contributed by atoms with E-state index in [2.05, 4.69) is 5.32 Å². The van der Waals surface area contributed by atoms with Gasteiger partial charge in [0, 0.05) is 10.7 Å². The Kier molecular flexibility index (Phi) is 4.08. The summed E-state index contributed by atoms with van der Waals surface area (Å²) >= 11 is 11.7. The van der Waals surface area contributed by atoms with Crippen LogP contribution in [0.15, 0.2) is 36.4 Å². The van der Waals surface area contributed by atoms with E-state index >= 15 is 0 Å². The van der Waals surface area contributed by atoms with Gasteiger partial charge in [0.25, 0.3) is 5.91 Å². The van der Waals surface area contributed by atoms with Crippen LogP contribution in [0.2, 0.25) is 10.0 Å². The molecular weight excluding hydrogens is 288 g/mol. The lowest BCUT2D eigenvalue weighted by atomic mass is 10.1. The van der Waals surface area contributed by atoms with E-state index in [0.717, 1.165) is 0 Å². The fourth-order valence-electron chi connectivity index (χ4n) is 1.63. The summed E-state index contributed by atoms with van der Waals surface area (Å²) in [5, 5.41) is 3.41. The number of amides is 1. The molecule has 0 fully saturated rings. The van der Waals surface area contributed by atoms with Gasteiger partial charge < -0.3 is 5.32 Å². The van der Waals surface area contributed by atoms with Crippen molar-refractivity contribution >= 4 is 34.8 Å². The second kappa shape index (κ2) is 5.59. The number of benzene rings is 2. The smallest absolute Gasteiger partial charge is 0.257 e. The highest BCUT2D eigenvalue weighted by Gasteiger charge is 2.12. The SMILES string of the molecule is Cc1cc(F)ccc1NC(=O)c1ccc(Cl)cc1Cl. The lowest BCUT2D eigenvalue weighted by molar-refractivity contribution is 0.102. The van der Waals surface area contributed by atoms with Gasteiger partial charge in [0.15, 0.2) is 0 Å². The first-order valence-electron chi connectivity index (χ1n) is 5.50. The minimum absolute atomic E-state index is 0.268.